The number of fused-ring (bicyclic) bond motifs is 2. The molecule has 1 aliphatic heterocycles. The van der Waals surface area contributed by atoms with Crippen LogP contribution >= 0.6 is 11.6 Å². The number of hydrogen-bond acceptors (Lipinski definition) is 6. The summed E-state index contributed by atoms with van der Waals surface area (Å²) in [5, 5.41) is 0.275. The van der Waals surface area contributed by atoms with Gasteiger partial charge in [0.25, 0.3) is 0 Å². The second kappa shape index (κ2) is 5.03. The lowest BCUT2D eigenvalue weighted by molar-refractivity contribution is -0.160. The average Bonchev–Trinajstić information content (AvgIpc) is 3.09. The minimum Gasteiger partial charge on any atom is -0.368 e. The van der Waals surface area contributed by atoms with Crippen molar-refractivity contribution < 1.29 is 9.47 Å². The Morgan fingerprint density at radius 1 is 1.35 bits per heavy atom. The van der Waals surface area contributed by atoms with Gasteiger partial charge >= 0.3 is 0 Å². The lowest BCUT2D eigenvalue weighted by Gasteiger charge is -2.24. The third-order valence-corrected chi connectivity index (χ3v) is 5.09. The minimum absolute atomic E-state index is 0.0256. The Bertz CT molecular complexity index is 762. The minimum atomic E-state index is -0.566. The standard InChI is InChI=1S/C15H20ClN5O2/c1-4-7-5-8(11-10(7)22-15(2,3)23-11)21-6-18-9-12(16)19-14(17)20-13(9)21/h6-8,10-11H,4-5H2,1-3H3,(H2,17,19,20)/t7-,8+,10+,11-/m0/s1. The van der Waals surface area contributed by atoms with Gasteiger partial charge in [0.1, 0.15) is 11.6 Å². The van der Waals surface area contributed by atoms with E-state index in [0.29, 0.717) is 17.1 Å². The molecule has 0 radical (unpaired) electrons. The van der Waals surface area contributed by atoms with Crippen molar-refractivity contribution in [3.63, 3.8) is 0 Å². The summed E-state index contributed by atoms with van der Waals surface area (Å²) in [6.07, 6.45) is 3.81. The van der Waals surface area contributed by atoms with Gasteiger partial charge in [0.2, 0.25) is 5.95 Å². The quantitative estimate of drug-likeness (QED) is 0.847. The molecule has 0 unspecified atom stereocenters. The zero-order valence-corrected chi connectivity index (χ0v) is 14.1. The summed E-state index contributed by atoms with van der Waals surface area (Å²) in [5.74, 6) is 0.0253. The highest BCUT2D eigenvalue weighted by molar-refractivity contribution is 6.33. The van der Waals surface area contributed by atoms with Crippen LogP contribution in [0.5, 0.6) is 0 Å². The molecule has 3 heterocycles. The molecule has 0 amide bonds. The monoisotopic (exact) mass is 337 g/mol. The molecule has 2 N–H and O–H groups in total. The Balaban J connectivity index is 1.79. The van der Waals surface area contributed by atoms with Gasteiger partial charge in [-0.15, -0.1) is 0 Å². The van der Waals surface area contributed by atoms with Gasteiger partial charge in [0, 0.05) is 0 Å². The predicted octanol–water partition coefficient (Wildman–Crippen LogP) is 2.55. The Kier molecular flexibility index (Phi) is 3.30. The van der Waals surface area contributed by atoms with Gasteiger partial charge in [-0.05, 0) is 26.2 Å². The summed E-state index contributed by atoms with van der Waals surface area (Å²) in [4.78, 5) is 12.7. The molecule has 1 saturated heterocycles. The molecule has 0 bridgehead atoms. The third kappa shape index (κ3) is 2.29. The van der Waals surface area contributed by atoms with Crippen molar-refractivity contribution in [3.05, 3.63) is 11.5 Å². The molecule has 23 heavy (non-hydrogen) atoms. The van der Waals surface area contributed by atoms with Crippen LogP contribution in [-0.4, -0.2) is 37.5 Å². The van der Waals surface area contributed by atoms with Crippen LogP contribution in [0.15, 0.2) is 6.33 Å². The Morgan fingerprint density at radius 3 is 2.83 bits per heavy atom. The maximum Gasteiger partial charge on any atom is 0.223 e. The summed E-state index contributed by atoms with van der Waals surface area (Å²) in [5.41, 5.74) is 6.97. The van der Waals surface area contributed by atoms with Crippen LogP contribution in [0.2, 0.25) is 5.15 Å². The molecule has 2 aliphatic rings. The van der Waals surface area contributed by atoms with E-state index in [1.807, 2.05) is 18.4 Å². The molecule has 2 aromatic heterocycles. The number of imidazole rings is 1. The van der Waals surface area contributed by atoms with Gasteiger partial charge in [0.15, 0.2) is 16.6 Å². The summed E-state index contributed by atoms with van der Waals surface area (Å²) in [6.45, 7) is 6.10. The molecule has 2 aromatic rings. The second-order valence-electron chi connectivity index (χ2n) is 6.73. The van der Waals surface area contributed by atoms with E-state index in [1.165, 1.54) is 0 Å². The first-order valence-corrected chi connectivity index (χ1v) is 8.28. The third-order valence-electron chi connectivity index (χ3n) is 4.83. The summed E-state index contributed by atoms with van der Waals surface area (Å²) >= 11 is 6.13. The number of anilines is 1. The molecule has 1 aliphatic carbocycles. The van der Waals surface area contributed by atoms with Crippen LogP contribution in [0.4, 0.5) is 5.95 Å². The fourth-order valence-corrected chi connectivity index (χ4v) is 4.09. The van der Waals surface area contributed by atoms with Gasteiger partial charge in [-0.2, -0.15) is 9.97 Å². The number of nitrogens with two attached hydrogens (primary N) is 1. The molecule has 0 spiro atoms. The predicted molar refractivity (Wildman–Crippen MR) is 86.0 cm³/mol. The number of halogens is 1. The van der Waals surface area contributed by atoms with E-state index in [1.54, 1.807) is 6.33 Å². The molecular weight excluding hydrogens is 318 g/mol. The van der Waals surface area contributed by atoms with Crippen molar-refractivity contribution in [1.82, 2.24) is 19.5 Å². The number of ether oxygens (including phenoxy) is 2. The smallest absolute Gasteiger partial charge is 0.223 e. The molecule has 7 nitrogen and oxygen atoms in total. The maximum absolute atomic E-state index is 6.17. The second-order valence-corrected chi connectivity index (χ2v) is 7.09. The van der Waals surface area contributed by atoms with Gasteiger partial charge in [-0.25, -0.2) is 4.98 Å². The Morgan fingerprint density at radius 2 is 2.09 bits per heavy atom. The first-order chi connectivity index (χ1) is 10.9. The van der Waals surface area contributed by atoms with Crippen LogP contribution in [0.3, 0.4) is 0 Å². The highest BCUT2D eigenvalue weighted by Gasteiger charge is 2.54. The fourth-order valence-electron chi connectivity index (χ4n) is 3.87. The van der Waals surface area contributed by atoms with E-state index in [0.717, 1.165) is 12.8 Å². The van der Waals surface area contributed by atoms with E-state index in [-0.39, 0.29) is 29.4 Å². The largest absolute Gasteiger partial charge is 0.368 e. The summed E-state index contributed by atoms with van der Waals surface area (Å²) in [6, 6.07) is 0.0992. The molecule has 4 rings (SSSR count). The number of hydrogen-bond donors (Lipinski definition) is 1. The molecule has 1 saturated carbocycles. The molecule has 2 fully saturated rings. The molecular formula is C15H20ClN5O2. The topological polar surface area (TPSA) is 88.1 Å². The van der Waals surface area contributed by atoms with Gasteiger partial charge in [-0.1, -0.05) is 24.9 Å². The maximum atomic E-state index is 6.17. The van der Waals surface area contributed by atoms with Crippen LogP contribution < -0.4 is 5.73 Å². The van der Waals surface area contributed by atoms with E-state index in [9.17, 15) is 0 Å². The summed E-state index contributed by atoms with van der Waals surface area (Å²) < 4.78 is 14.3. The lowest BCUT2D eigenvalue weighted by Crippen LogP contribution is -2.27. The Labute approximate surface area is 139 Å². The first-order valence-electron chi connectivity index (χ1n) is 7.91. The number of aromatic nitrogens is 4. The number of rotatable bonds is 2. The highest BCUT2D eigenvalue weighted by Crippen LogP contribution is 2.48. The van der Waals surface area contributed by atoms with Crippen molar-refractivity contribution in [2.45, 2.75) is 57.6 Å². The molecule has 8 heteroatoms. The van der Waals surface area contributed by atoms with Crippen LogP contribution in [0, 0.1) is 5.92 Å². The fraction of sp³-hybridized carbons (Fsp3) is 0.667. The van der Waals surface area contributed by atoms with Crippen LogP contribution in [0.25, 0.3) is 11.2 Å². The first kappa shape index (κ1) is 15.1. The number of nitrogens with zero attached hydrogens (tertiary/aromatic N) is 4. The number of nitrogen functional groups attached to an aromatic ring is 1. The van der Waals surface area contributed by atoms with Crippen LogP contribution in [-0.2, 0) is 9.47 Å². The highest BCUT2D eigenvalue weighted by atomic mass is 35.5. The van der Waals surface area contributed by atoms with Crippen molar-refractivity contribution in [1.29, 1.82) is 0 Å². The normalized spacial score (nSPS) is 32.5. The van der Waals surface area contributed by atoms with Crippen molar-refractivity contribution in [2.24, 2.45) is 5.92 Å². The lowest BCUT2D eigenvalue weighted by atomic mass is 10.0. The average molecular weight is 338 g/mol. The van der Waals surface area contributed by atoms with E-state index in [2.05, 4.69) is 21.9 Å². The molecule has 0 aromatic carbocycles. The van der Waals surface area contributed by atoms with Gasteiger partial charge < -0.3 is 19.8 Å². The van der Waals surface area contributed by atoms with Crippen molar-refractivity contribution in [3.8, 4) is 0 Å². The summed E-state index contributed by atoms with van der Waals surface area (Å²) in [7, 11) is 0. The Hall–Kier alpha value is -1.44. The van der Waals surface area contributed by atoms with Crippen molar-refractivity contribution in [2.75, 3.05) is 5.73 Å². The zero-order chi connectivity index (χ0) is 16.4. The molecule has 4 atom stereocenters. The van der Waals surface area contributed by atoms with E-state index in [4.69, 9.17) is 26.8 Å². The van der Waals surface area contributed by atoms with Gasteiger partial charge in [0.05, 0.1) is 18.5 Å². The van der Waals surface area contributed by atoms with Crippen LogP contribution in [0.1, 0.15) is 39.7 Å². The molecule has 124 valence electrons. The van der Waals surface area contributed by atoms with Crippen molar-refractivity contribution >= 4 is 28.7 Å². The van der Waals surface area contributed by atoms with E-state index < -0.39 is 5.79 Å². The zero-order valence-electron chi connectivity index (χ0n) is 13.4. The van der Waals surface area contributed by atoms with E-state index >= 15 is 0 Å². The van der Waals surface area contributed by atoms with Gasteiger partial charge in [-0.3, -0.25) is 0 Å². The SMILES string of the molecule is CC[C@H]1C[C@@H](n2cnc3c(Cl)nc(N)nc32)[C@@H]2OC(C)(C)O[C@H]12.